The van der Waals surface area contributed by atoms with Gasteiger partial charge in [-0.1, -0.05) is 39.0 Å². The van der Waals surface area contributed by atoms with Crippen molar-refractivity contribution in [3.05, 3.63) is 53.7 Å². The maximum Gasteiger partial charge on any atom is 0.416 e. The molecule has 0 aliphatic rings. The summed E-state index contributed by atoms with van der Waals surface area (Å²) < 4.78 is 38.1. The van der Waals surface area contributed by atoms with Crippen LogP contribution in [0.2, 0.25) is 0 Å². The fraction of sp³-hybridized carbons (Fsp3) is 0.312. The Hall–Kier alpha value is -1.84. The Morgan fingerprint density at radius 3 is 2.10 bits per heavy atom. The Kier molecular flexibility index (Phi) is 3.59. The number of aromatic nitrogens is 1. The van der Waals surface area contributed by atoms with E-state index in [4.69, 9.17) is 0 Å². The highest BCUT2D eigenvalue weighted by atomic mass is 19.4. The fourth-order valence-electron chi connectivity index (χ4n) is 1.86. The van der Waals surface area contributed by atoms with Crippen molar-refractivity contribution in [2.24, 2.45) is 0 Å². The summed E-state index contributed by atoms with van der Waals surface area (Å²) in [6.45, 7) is 6.19. The zero-order chi connectivity index (χ0) is 15.0. The van der Waals surface area contributed by atoms with Crippen LogP contribution in [0.15, 0.2) is 42.6 Å². The standard InChI is InChI=1S/C16H16F3N/c1-15(2,3)13-7-8-14(20-10-13)11-5-4-6-12(9-11)16(17,18)19/h4-10H,1-3H3. The summed E-state index contributed by atoms with van der Waals surface area (Å²) in [6.07, 6.45) is -2.61. The molecule has 4 heteroatoms. The zero-order valence-corrected chi connectivity index (χ0v) is 11.6. The number of hydrogen-bond donors (Lipinski definition) is 0. The van der Waals surface area contributed by atoms with Gasteiger partial charge in [0.05, 0.1) is 11.3 Å². The molecule has 0 spiro atoms. The zero-order valence-electron chi connectivity index (χ0n) is 11.6. The molecule has 0 N–H and O–H groups in total. The van der Waals surface area contributed by atoms with E-state index in [0.29, 0.717) is 11.3 Å². The second-order valence-electron chi connectivity index (χ2n) is 5.76. The summed E-state index contributed by atoms with van der Waals surface area (Å²) in [4.78, 5) is 4.27. The van der Waals surface area contributed by atoms with Crippen LogP contribution in [0.4, 0.5) is 13.2 Å². The van der Waals surface area contributed by atoms with Gasteiger partial charge < -0.3 is 0 Å². The van der Waals surface area contributed by atoms with Crippen molar-refractivity contribution in [1.29, 1.82) is 0 Å². The Morgan fingerprint density at radius 1 is 0.900 bits per heavy atom. The van der Waals surface area contributed by atoms with Gasteiger partial charge in [-0.15, -0.1) is 0 Å². The molecule has 0 fully saturated rings. The molecule has 1 nitrogen and oxygen atoms in total. The summed E-state index contributed by atoms with van der Waals surface area (Å²) in [5.74, 6) is 0. The van der Waals surface area contributed by atoms with Gasteiger partial charge in [-0.05, 0) is 29.2 Å². The highest BCUT2D eigenvalue weighted by Crippen LogP contribution is 2.32. The summed E-state index contributed by atoms with van der Waals surface area (Å²) in [7, 11) is 0. The first-order valence-electron chi connectivity index (χ1n) is 6.32. The monoisotopic (exact) mass is 279 g/mol. The minimum atomic E-state index is -4.33. The van der Waals surface area contributed by atoms with Gasteiger partial charge in [0.15, 0.2) is 0 Å². The van der Waals surface area contributed by atoms with E-state index >= 15 is 0 Å². The largest absolute Gasteiger partial charge is 0.416 e. The summed E-state index contributed by atoms with van der Waals surface area (Å²) in [5.41, 5.74) is 1.38. The number of alkyl halides is 3. The number of benzene rings is 1. The predicted molar refractivity (Wildman–Crippen MR) is 73.4 cm³/mol. The van der Waals surface area contributed by atoms with Gasteiger partial charge in [-0.3, -0.25) is 4.98 Å². The van der Waals surface area contributed by atoms with E-state index in [1.165, 1.54) is 6.07 Å². The molecule has 1 heterocycles. The Labute approximate surface area is 116 Å². The minimum Gasteiger partial charge on any atom is -0.256 e. The molecular weight excluding hydrogens is 263 g/mol. The highest BCUT2D eigenvalue weighted by molar-refractivity contribution is 5.60. The lowest BCUT2D eigenvalue weighted by Gasteiger charge is -2.18. The number of halogens is 3. The minimum absolute atomic E-state index is 0.0284. The van der Waals surface area contributed by atoms with E-state index in [1.807, 2.05) is 6.07 Å². The molecule has 0 aliphatic carbocycles. The van der Waals surface area contributed by atoms with E-state index in [-0.39, 0.29) is 5.41 Å². The lowest BCUT2D eigenvalue weighted by molar-refractivity contribution is -0.137. The molecule has 0 saturated carbocycles. The van der Waals surface area contributed by atoms with Gasteiger partial charge >= 0.3 is 6.18 Å². The first-order valence-corrected chi connectivity index (χ1v) is 6.32. The molecule has 0 aliphatic heterocycles. The second kappa shape index (κ2) is 4.93. The highest BCUT2D eigenvalue weighted by Gasteiger charge is 2.30. The summed E-state index contributed by atoms with van der Waals surface area (Å²) in [6, 6.07) is 8.89. The van der Waals surface area contributed by atoms with Crippen molar-refractivity contribution in [3.63, 3.8) is 0 Å². The van der Waals surface area contributed by atoms with Gasteiger partial charge in [0.25, 0.3) is 0 Å². The van der Waals surface area contributed by atoms with E-state index in [9.17, 15) is 13.2 Å². The van der Waals surface area contributed by atoms with Crippen LogP contribution in [0.3, 0.4) is 0 Å². The van der Waals surface area contributed by atoms with Crippen LogP contribution in [0.5, 0.6) is 0 Å². The van der Waals surface area contributed by atoms with Crippen LogP contribution in [0.25, 0.3) is 11.3 Å². The molecule has 0 bridgehead atoms. The molecule has 106 valence electrons. The van der Waals surface area contributed by atoms with Crippen molar-refractivity contribution >= 4 is 0 Å². The smallest absolute Gasteiger partial charge is 0.256 e. The normalized spacial score (nSPS) is 12.5. The van der Waals surface area contributed by atoms with Crippen LogP contribution < -0.4 is 0 Å². The molecule has 0 atom stereocenters. The van der Waals surface area contributed by atoms with Crippen LogP contribution in [0.1, 0.15) is 31.9 Å². The maximum atomic E-state index is 12.7. The number of pyridine rings is 1. The third kappa shape index (κ3) is 3.18. The topological polar surface area (TPSA) is 12.9 Å². The Bertz CT molecular complexity index is 592. The first kappa shape index (κ1) is 14.6. The molecule has 0 saturated heterocycles. The summed E-state index contributed by atoms with van der Waals surface area (Å²) in [5, 5.41) is 0. The SMILES string of the molecule is CC(C)(C)c1ccc(-c2cccc(C(F)(F)F)c2)nc1. The molecular formula is C16H16F3N. The predicted octanol–water partition coefficient (Wildman–Crippen LogP) is 5.06. The van der Waals surface area contributed by atoms with Crippen LogP contribution in [0, 0.1) is 0 Å². The lowest BCUT2D eigenvalue weighted by Crippen LogP contribution is -2.11. The molecule has 20 heavy (non-hydrogen) atoms. The van der Waals surface area contributed by atoms with E-state index < -0.39 is 11.7 Å². The van der Waals surface area contributed by atoms with Gasteiger partial charge in [-0.25, -0.2) is 0 Å². The first-order chi connectivity index (χ1) is 9.18. The van der Waals surface area contributed by atoms with Crippen LogP contribution in [-0.4, -0.2) is 4.98 Å². The van der Waals surface area contributed by atoms with E-state index in [1.54, 1.807) is 18.3 Å². The third-order valence-corrected chi connectivity index (χ3v) is 3.12. The molecule has 1 aromatic carbocycles. The van der Waals surface area contributed by atoms with E-state index in [2.05, 4.69) is 25.8 Å². The molecule has 1 aromatic heterocycles. The third-order valence-electron chi connectivity index (χ3n) is 3.12. The number of nitrogens with zero attached hydrogens (tertiary/aromatic N) is 1. The molecule has 0 unspecified atom stereocenters. The Balaban J connectivity index is 2.38. The summed E-state index contributed by atoms with van der Waals surface area (Å²) >= 11 is 0. The second-order valence-corrected chi connectivity index (χ2v) is 5.76. The molecule has 2 rings (SSSR count). The lowest BCUT2D eigenvalue weighted by atomic mass is 9.88. The average molecular weight is 279 g/mol. The van der Waals surface area contributed by atoms with Gasteiger partial charge in [0.2, 0.25) is 0 Å². The quantitative estimate of drug-likeness (QED) is 0.710. The van der Waals surface area contributed by atoms with Crippen LogP contribution >= 0.6 is 0 Å². The van der Waals surface area contributed by atoms with Crippen molar-refractivity contribution in [1.82, 2.24) is 4.98 Å². The fourth-order valence-corrected chi connectivity index (χ4v) is 1.86. The number of hydrogen-bond acceptors (Lipinski definition) is 1. The van der Waals surface area contributed by atoms with E-state index in [0.717, 1.165) is 17.7 Å². The maximum absolute atomic E-state index is 12.7. The molecule has 0 radical (unpaired) electrons. The van der Waals surface area contributed by atoms with Crippen molar-refractivity contribution in [2.45, 2.75) is 32.4 Å². The number of rotatable bonds is 1. The Morgan fingerprint density at radius 2 is 1.60 bits per heavy atom. The molecule has 2 aromatic rings. The molecule has 0 amide bonds. The van der Waals surface area contributed by atoms with Crippen molar-refractivity contribution < 1.29 is 13.2 Å². The van der Waals surface area contributed by atoms with Gasteiger partial charge in [-0.2, -0.15) is 13.2 Å². The van der Waals surface area contributed by atoms with Crippen LogP contribution in [-0.2, 0) is 11.6 Å². The van der Waals surface area contributed by atoms with Crippen molar-refractivity contribution in [2.75, 3.05) is 0 Å². The van der Waals surface area contributed by atoms with Crippen molar-refractivity contribution in [3.8, 4) is 11.3 Å². The average Bonchev–Trinajstić information content (AvgIpc) is 2.37. The van der Waals surface area contributed by atoms with Gasteiger partial charge in [0, 0.05) is 11.8 Å². The van der Waals surface area contributed by atoms with Gasteiger partial charge in [0.1, 0.15) is 0 Å².